The SMILES string of the molecule is O=C(c1ccc(F)c(F)c1Nc1ccc(I)cc1F)N1CC(O)(CNCc2ccc(O)cc2)C1. The third-order valence-electron chi connectivity index (χ3n) is 5.49. The largest absolute Gasteiger partial charge is 0.508 e. The Bertz CT molecular complexity index is 1220. The number of phenolic OH excluding ortho intramolecular Hbond substituents is 1. The molecule has 3 aromatic rings. The number of halogens is 4. The van der Waals surface area contributed by atoms with Crippen LogP contribution in [0.25, 0.3) is 0 Å². The van der Waals surface area contributed by atoms with Gasteiger partial charge in [0.1, 0.15) is 17.2 Å². The molecule has 1 aliphatic heterocycles. The van der Waals surface area contributed by atoms with E-state index in [1.54, 1.807) is 30.3 Å². The van der Waals surface area contributed by atoms with Crippen molar-refractivity contribution in [3.8, 4) is 5.75 Å². The van der Waals surface area contributed by atoms with Gasteiger partial charge in [0, 0.05) is 16.7 Å². The summed E-state index contributed by atoms with van der Waals surface area (Å²) in [5.41, 5.74) is -1.01. The Balaban J connectivity index is 1.43. The molecule has 0 aromatic heterocycles. The molecule has 0 atom stereocenters. The summed E-state index contributed by atoms with van der Waals surface area (Å²) in [5.74, 6) is -3.60. The van der Waals surface area contributed by atoms with E-state index in [0.717, 1.165) is 17.7 Å². The molecule has 1 saturated heterocycles. The first-order valence-corrected chi connectivity index (χ1v) is 11.4. The van der Waals surface area contributed by atoms with Crippen molar-refractivity contribution in [2.24, 2.45) is 0 Å². The van der Waals surface area contributed by atoms with Gasteiger partial charge in [-0.25, -0.2) is 13.2 Å². The van der Waals surface area contributed by atoms with Gasteiger partial charge in [-0.15, -0.1) is 0 Å². The molecule has 10 heteroatoms. The van der Waals surface area contributed by atoms with E-state index in [1.807, 2.05) is 22.6 Å². The van der Waals surface area contributed by atoms with Gasteiger partial charge >= 0.3 is 0 Å². The third kappa shape index (κ3) is 5.29. The molecular formula is C24H21F3IN3O3. The number of aliphatic hydroxyl groups is 1. The fourth-order valence-corrected chi connectivity index (χ4v) is 4.17. The van der Waals surface area contributed by atoms with E-state index in [4.69, 9.17) is 0 Å². The fraction of sp³-hybridized carbons (Fsp3) is 0.208. The molecule has 178 valence electrons. The Morgan fingerprint density at radius 3 is 2.41 bits per heavy atom. The Kier molecular flexibility index (Phi) is 7.01. The van der Waals surface area contributed by atoms with E-state index < -0.39 is 34.6 Å². The summed E-state index contributed by atoms with van der Waals surface area (Å²) >= 11 is 1.92. The number of aromatic hydroxyl groups is 1. The summed E-state index contributed by atoms with van der Waals surface area (Å²) in [6.45, 7) is 0.638. The zero-order valence-corrected chi connectivity index (χ0v) is 19.9. The number of nitrogens with zero attached hydrogens (tertiary/aromatic N) is 1. The number of phenols is 1. The predicted octanol–water partition coefficient (Wildman–Crippen LogP) is 4.13. The molecule has 0 radical (unpaired) electrons. The van der Waals surface area contributed by atoms with Crippen LogP contribution in [0.15, 0.2) is 54.6 Å². The maximum absolute atomic E-state index is 14.6. The third-order valence-corrected chi connectivity index (χ3v) is 6.16. The van der Waals surface area contributed by atoms with Gasteiger partial charge in [-0.05, 0) is 70.6 Å². The maximum Gasteiger partial charge on any atom is 0.256 e. The number of carbonyl (C=O) groups excluding carboxylic acids is 1. The number of β-amino-alcohol motifs (C(OH)–C–C–N with tert-alkyl or cyclic N) is 1. The number of amides is 1. The monoisotopic (exact) mass is 583 g/mol. The van der Waals surface area contributed by atoms with Crippen molar-refractivity contribution in [1.29, 1.82) is 0 Å². The average molecular weight is 583 g/mol. The van der Waals surface area contributed by atoms with Crippen LogP contribution in [0.1, 0.15) is 15.9 Å². The van der Waals surface area contributed by atoms with E-state index in [2.05, 4.69) is 10.6 Å². The second-order valence-corrected chi connectivity index (χ2v) is 9.43. The Morgan fingerprint density at radius 2 is 1.74 bits per heavy atom. The maximum atomic E-state index is 14.6. The molecule has 1 aliphatic rings. The topological polar surface area (TPSA) is 84.8 Å². The molecular weight excluding hydrogens is 562 g/mol. The van der Waals surface area contributed by atoms with Gasteiger partial charge in [-0.1, -0.05) is 12.1 Å². The minimum absolute atomic E-state index is 0.00919. The van der Waals surface area contributed by atoms with Crippen molar-refractivity contribution in [3.63, 3.8) is 0 Å². The molecule has 3 aromatic carbocycles. The summed E-state index contributed by atoms with van der Waals surface area (Å²) in [6, 6.07) is 12.8. The molecule has 0 saturated carbocycles. The zero-order chi connectivity index (χ0) is 24.5. The summed E-state index contributed by atoms with van der Waals surface area (Å²) in [5, 5.41) is 25.6. The first-order valence-electron chi connectivity index (χ1n) is 10.4. The highest BCUT2D eigenvalue weighted by atomic mass is 127. The first kappa shape index (κ1) is 24.3. The lowest BCUT2D eigenvalue weighted by Gasteiger charge is -2.46. The van der Waals surface area contributed by atoms with Crippen LogP contribution in [0, 0.1) is 21.0 Å². The number of anilines is 2. The Labute approximate surface area is 207 Å². The molecule has 6 nitrogen and oxygen atoms in total. The minimum Gasteiger partial charge on any atom is -0.508 e. The van der Waals surface area contributed by atoms with E-state index >= 15 is 0 Å². The molecule has 0 aliphatic carbocycles. The lowest BCUT2D eigenvalue weighted by atomic mass is 9.92. The van der Waals surface area contributed by atoms with Crippen LogP contribution in [-0.4, -0.2) is 46.3 Å². The van der Waals surface area contributed by atoms with Crippen LogP contribution >= 0.6 is 22.6 Å². The van der Waals surface area contributed by atoms with Crippen LogP contribution in [-0.2, 0) is 6.54 Å². The van der Waals surface area contributed by atoms with Gasteiger partial charge in [0.25, 0.3) is 5.91 Å². The number of likely N-dealkylation sites (tertiary alicyclic amines) is 1. The second-order valence-electron chi connectivity index (χ2n) is 8.19. The molecule has 1 amide bonds. The zero-order valence-electron chi connectivity index (χ0n) is 17.8. The smallest absolute Gasteiger partial charge is 0.256 e. The van der Waals surface area contributed by atoms with E-state index in [-0.39, 0.29) is 36.6 Å². The second kappa shape index (κ2) is 9.80. The van der Waals surface area contributed by atoms with E-state index in [1.165, 1.54) is 17.0 Å². The molecule has 1 fully saturated rings. The lowest BCUT2D eigenvalue weighted by Crippen LogP contribution is -2.67. The Hall–Kier alpha value is -2.83. The highest BCUT2D eigenvalue weighted by molar-refractivity contribution is 14.1. The quantitative estimate of drug-likeness (QED) is 0.315. The normalized spacial score (nSPS) is 14.6. The number of hydrogen-bond donors (Lipinski definition) is 4. The summed E-state index contributed by atoms with van der Waals surface area (Å²) in [7, 11) is 0. The molecule has 0 bridgehead atoms. The number of rotatable bonds is 7. The predicted molar refractivity (Wildman–Crippen MR) is 129 cm³/mol. The van der Waals surface area contributed by atoms with Gasteiger partial charge in [0.05, 0.1) is 30.0 Å². The summed E-state index contributed by atoms with van der Waals surface area (Å²) in [6.07, 6.45) is 0. The molecule has 0 unspecified atom stereocenters. The molecule has 4 rings (SSSR count). The summed E-state index contributed by atoms with van der Waals surface area (Å²) < 4.78 is 43.4. The van der Waals surface area contributed by atoms with Crippen molar-refractivity contribution in [2.75, 3.05) is 25.0 Å². The van der Waals surface area contributed by atoms with Crippen molar-refractivity contribution in [3.05, 3.63) is 86.7 Å². The molecule has 0 spiro atoms. The van der Waals surface area contributed by atoms with Gasteiger partial charge in [-0.2, -0.15) is 0 Å². The van der Waals surface area contributed by atoms with E-state index in [9.17, 15) is 28.2 Å². The van der Waals surface area contributed by atoms with Crippen molar-refractivity contribution >= 4 is 39.9 Å². The van der Waals surface area contributed by atoms with Crippen LogP contribution in [0.5, 0.6) is 5.75 Å². The first-order chi connectivity index (χ1) is 16.1. The average Bonchev–Trinajstić information content (AvgIpc) is 2.78. The van der Waals surface area contributed by atoms with Crippen LogP contribution in [0.4, 0.5) is 24.5 Å². The highest BCUT2D eigenvalue weighted by Gasteiger charge is 2.44. The lowest BCUT2D eigenvalue weighted by molar-refractivity contribution is -0.0787. The fourth-order valence-electron chi connectivity index (χ4n) is 3.72. The van der Waals surface area contributed by atoms with Gasteiger partial charge in [-0.3, -0.25) is 4.79 Å². The number of hydrogen-bond acceptors (Lipinski definition) is 5. The van der Waals surface area contributed by atoms with Crippen molar-refractivity contribution in [2.45, 2.75) is 12.1 Å². The van der Waals surface area contributed by atoms with Gasteiger partial charge in [0.2, 0.25) is 0 Å². The van der Waals surface area contributed by atoms with Crippen molar-refractivity contribution in [1.82, 2.24) is 10.2 Å². The highest BCUT2D eigenvalue weighted by Crippen LogP contribution is 2.31. The minimum atomic E-state index is -1.30. The van der Waals surface area contributed by atoms with Gasteiger partial charge < -0.3 is 25.7 Å². The van der Waals surface area contributed by atoms with Crippen molar-refractivity contribution < 1.29 is 28.2 Å². The van der Waals surface area contributed by atoms with Crippen LogP contribution in [0.2, 0.25) is 0 Å². The van der Waals surface area contributed by atoms with E-state index in [0.29, 0.717) is 10.1 Å². The van der Waals surface area contributed by atoms with Gasteiger partial charge in [0.15, 0.2) is 11.6 Å². The van der Waals surface area contributed by atoms with Crippen LogP contribution < -0.4 is 10.6 Å². The molecule has 34 heavy (non-hydrogen) atoms. The summed E-state index contributed by atoms with van der Waals surface area (Å²) in [4.78, 5) is 14.3. The number of nitrogens with one attached hydrogen (secondary N) is 2. The van der Waals surface area contributed by atoms with Crippen LogP contribution in [0.3, 0.4) is 0 Å². The number of benzene rings is 3. The molecule has 1 heterocycles. The standard InChI is InChI=1S/C24H21F3IN3O3/c25-18-7-6-17(22(21(18)27)30-20-8-3-15(28)9-19(20)26)23(33)31-12-24(34,13-31)11-29-10-14-1-4-16(32)5-2-14/h1-9,29-30,32,34H,10-13H2. The molecule has 4 N–H and O–H groups in total. The Morgan fingerprint density at radius 1 is 1.03 bits per heavy atom. The number of carbonyl (C=O) groups is 1.